The maximum Gasteiger partial charge on any atom is 0.408 e. The molecule has 0 aliphatic carbocycles. The van der Waals surface area contributed by atoms with Gasteiger partial charge in [-0.1, -0.05) is 23.8 Å². The molecule has 0 saturated carbocycles. The number of rotatable bonds is 13. The molecule has 12 heteroatoms. The van der Waals surface area contributed by atoms with E-state index in [9.17, 15) is 23.1 Å². The number of aliphatic carboxylic acids is 1. The summed E-state index contributed by atoms with van der Waals surface area (Å²) in [4.78, 5) is 23.4. The predicted octanol–water partition coefficient (Wildman–Crippen LogP) is 4.29. The van der Waals surface area contributed by atoms with E-state index in [1.807, 2.05) is 6.92 Å². The van der Waals surface area contributed by atoms with E-state index in [1.165, 1.54) is 21.9 Å². The van der Waals surface area contributed by atoms with E-state index in [-0.39, 0.29) is 23.9 Å². The number of nitrogens with zero attached hydrogens (tertiary/aromatic N) is 1. The number of hydrogen-bond donors (Lipinski definition) is 2. The maximum absolute atomic E-state index is 13.1. The van der Waals surface area contributed by atoms with Gasteiger partial charge in [-0.05, 0) is 58.0 Å². The van der Waals surface area contributed by atoms with E-state index in [0.29, 0.717) is 29.0 Å². The van der Waals surface area contributed by atoms with Crippen LogP contribution >= 0.6 is 11.8 Å². The molecule has 2 aromatic carbocycles. The minimum Gasteiger partial charge on any atom is -0.490 e. The number of carbonyl (C=O) groups excluding carboxylic acids is 1. The van der Waals surface area contributed by atoms with Crippen LogP contribution in [0.15, 0.2) is 59.6 Å². The molecule has 1 heterocycles. The van der Waals surface area contributed by atoms with Crippen molar-refractivity contribution in [2.45, 2.75) is 44.2 Å². The molecule has 0 spiro atoms. The number of ether oxygens (including phenoxy) is 3. The van der Waals surface area contributed by atoms with Crippen molar-refractivity contribution in [3.8, 4) is 5.75 Å². The Bertz CT molecular complexity index is 1380. The monoisotopic (exact) mass is 578 g/mol. The molecule has 3 rings (SSSR count). The Hall–Kier alpha value is -3.22. The van der Waals surface area contributed by atoms with Crippen LogP contribution in [0.4, 0.5) is 4.79 Å². The van der Waals surface area contributed by atoms with Crippen LogP contribution in [0, 0.1) is 6.92 Å². The van der Waals surface area contributed by atoms with Crippen molar-refractivity contribution in [2.75, 3.05) is 31.3 Å². The molecule has 0 radical (unpaired) electrons. The Labute approximate surface area is 232 Å². The van der Waals surface area contributed by atoms with Gasteiger partial charge in [0.25, 0.3) is 10.0 Å². The number of aromatic nitrogens is 1. The van der Waals surface area contributed by atoms with Crippen molar-refractivity contribution in [3.63, 3.8) is 0 Å². The minimum atomic E-state index is -3.75. The molecule has 0 fully saturated rings. The number of carboxylic acids is 1. The standard InChI is InChI=1S/C27H34N2O8S2/c1-19-8-10-20(11-9-19)39(33,34)29-13-12-21-23(29)6-5-7-24(21)36-15-14-35-16-17-38-18-22(25(30)31)28-26(32)37-27(2,3)4/h5-13,22H,14-18H2,1-4H3,(H,28,32)(H,30,31). The van der Waals surface area contributed by atoms with Crippen LogP contribution in [-0.2, 0) is 24.3 Å². The van der Waals surface area contributed by atoms with Crippen molar-refractivity contribution < 1.29 is 37.3 Å². The summed E-state index contributed by atoms with van der Waals surface area (Å²) in [5.41, 5.74) is 0.769. The molecular weight excluding hydrogens is 544 g/mol. The number of aryl methyl sites for hydroxylation is 1. The summed E-state index contributed by atoms with van der Waals surface area (Å²) in [5.74, 6) is 0.0896. The summed E-state index contributed by atoms with van der Waals surface area (Å²) in [6.45, 7) is 7.90. The number of benzene rings is 2. The Morgan fingerprint density at radius 2 is 1.77 bits per heavy atom. The highest BCUT2D eigenvalue weighted by atomic mass is 32.2. The van der Waals surface area contributed by atoms with Gasteiger partial charge in [0.2, 0.25) is 0 Å². The smallest absolute Gasteiger partial charge is 0.408 e. The fraction of sp³-hybridized carbons (Fsp3) is 0.407. The number of alkyl carbamates (subject to hydrolysis) is 1. The lowest BCUT2D eigenvalue weighted by Gasteiger charge is -2.21. The molecule has 0 bridgehead atoms. The van der Waals surface area contributed by atoms with Gasteiger partial charge in [-0.2, -0.15) is 11.8 Å². The average Bonchev–Trinajstić information content (AvgIpc) is 3.30. The molecule has 1 amide bonds. The first-order chi connectivity index (χ1) is 18.4. The van der Waals surface area contributed by atoms with Crippen molar-refractivity contribution in [1.29, 1.82) is 0 Å². The summed E-state index contributed by atoms with van der Waals surface area (Å²) < 4.78 is 44.1. The van der Waals surface area contributed by atoms with Crippen molar-refractivity contribution in [3.05, 3.63) is 60.3 Å². The van der Waals surface area contributed by atoms with E-state index in [1.54, 1.807) is 69.3 Å². The summed E-state index contributed by atoms with van der Waals surface area (Å²) in [5, 5.41) is 12.3. The van der Waals surface area contributed by atoms with Gasteiger partial charge >= 0.3 is 12.1 Å². The molecule has 0 aliphatic rings. The van der Waals surface area contributed by atoms with E-state index in [4.69, 9.17) is 14.2 Å². The minimum absolute atomic E-state index is 0.166. The Balaban J connectivity index is 1.45. The molecule has 39 heavy (non-hydrogen) atoms. The summed E-state index contributed by atoms with van der Waals surface area (Å²) in [7, 11) is -3.75. The molecule has 2 N–H and O–H groups in total. The van der Waals surface area contributed by atoms with Gasteiger partial charge in [0.15, 0.2) is 0 Å². The Kier molecular flexibility index (Phi) is 10.3. The number of thioether (sulfide) groups is 1. The highest BCUT2D eigenvalue weighted by Gasteiger charge is 2.24. The number of carbonyl (C=O) groups is 2. The van der Waals surface area contributed by atoms with Crippen LogP contribution in [0.1, 0.15) is 26.3 Å². The second kappa shape index (κ2) is 13.2. The number of carboxylic acid groups (broad SMARTS) is 1. The zero-order valence-electron chi connectivity index (χ0n) is 22.4. The lowest BCUT2D eigenvalue weighted by atomic mass is 10.2. The Morgan fingerprint density at radius 3 is 2.44 bits per heavy atom. The zero-order valence-corrected chi connectivity index (χ0v) is 24.0. The second-order valence-corrected chi connectivity index (χ2v) is 12.7. The van der Waals surface area contributed by atoms with Gasteiger partial charge < -0.3 is 24.6 Å². The topological polar surface area (TPSA) is 133 Å². The van der Waals surface area contributed by atoms with Gasteiger partial charge in [-0.3, -0.25) is 0 Å². The van der Waals surface area contributed by atoms with Gasteiger partial charge in [0.1, 0.15) is 24.0 Å². The van der Waals surface area contributed by atoms with Crippen molar-refractivity contribution in [1.82, 2.24) is 9.29 Å². The third kappa shape index (κ3) is 8.64. The predicted molar refractivity (Wildman–Crippen MR) is 150 cm³/mol. The third-order valence-corrected chi connectivity index (χ3v) is 8.09. The summed E-state index contributed by atoms with van der Waals surface area (Å²) >= 11 is 1.33. The first-order valence-electron chi connectivity index (χ1n) is 12.3. The van der Waals surface area contributed by atoms with Crippen LogP contribution in [0.5, 0.6) is 5.75 Å². The van der Waals surface area contributed by atoms with Crippen LogP contribution in [0.3, 0.4) is 0 Å². The molecule has 10 nitrogen and oxygen atoms in total. The number of fused-ring (bicyclic) bond motifs is 1. The average molecular weight is 579 g/mol. The zero-order chi connectivity index (χ0) is 28.6. The normalized spacial score (nSPS) is 12.7. The number of hydrogen-bond acceptors (Lipinski definition) is 8. The number of amides is 1. The lowest BCUT2D eigenvalue weighted by molar-refractivity contribution is -0.138. The first kappa shape index (κ1) is 30.3. The SMILES string of the molecule is Cc1ccc(S(=O)(=O)n2ccc3c(OCCOCCSCC(NC(=O)OC(C)(C)C)C(=O)O)cccc32)cc1. The van der Waals surface area contributed by atoms with E-state index >= 15 is 0 Å². The van der Waals surface area contributed by atoms with Gasteiger partial charge in [-0.25, -0.2) is 22.0 Å². The molecule has 0 saturated heterocycles. The largest absolute Gasteiger partial charge is 0.490 e. The highest BCUT2D eigenvalue weighted by Crippen LogP contribution is 2.29. The van der Waals surface area contributed by atoms with Crippen LogP contribution < -0.4 is 10.1 Å². The Morgan fingerprint density at radius 1 is 1.05 bits per heavy atom. The van der Waals surface area contributed by atoms with E-state index in [2.05, 4.69) is 5.32 Å². The molecule has 1 unspecified atom stereocenters. The maximum atomic E-state index is 13.1. The van der Waals surface area contributed by atoms with Crippen molar-refractivity contribution >= 4 is 44.8 Å². The lowest BCUT2D eigenvalue weighted by Crippen LogP contribution is -2.45. The van der Waals surface area contributed by atoms with Gasteiger partial charge in [-0.15, -0.1) is 0 Å². The molecule has 3 aromatic rings. The van der Waals surface area contributed by atoms with Gasteiger partial charge in [0.05, 0.1) is 23.6 Å². The van der Waals surface area contributed by atoms with E-state index in [0.717, 1.165) is 5.56 Å². The van der Waals surface area contributed by atoms with Gasteiger partial charge in [0, 0.05) is 23.1 Å². The molecule has 0 aliphatic heterocycles. The first-order valence-corrected chi connectivity index (χ1v) is 14.9. The summed E-state index contributed by atoms with van der Waals surface area (Å²) in [6.07, 6.45) is 0.740. The van der Waals surface area contributed by atoms with Crippen LogP contribution in [0.25, 0.3) is 10.9 Å². The quantitative estimate of drug-likeness (QED) is 0.285. The highest BCUT2D eigenvalue weighted by molar-refractivity contribution is 7.99. The van der Waals surface area contributed by atoms with Crippen molar-refractivity contribution in [2.24, 2.45) is 0 Å². The van der Waals surface area contributed by atoms with Crippen LogP contribution in [0.2, 0.25) is 0 Å². The third-order valence-electron chi connectivity index (χ3n) is 5.37. The number of nitrogens with one attached hydrogen (secondary N) is 1. The molecule has 1 aromatic heterocycles. The van der Waals surface area contributed by atoms with E-state index < -0.39 is 33.7 Å². The summed E-state index contributed by atoms with van der Waals surface area (Å²) in [6, 6.07) is 12.6. The fourth-order valence-electron chi connectivity index (χ4n) is 3.53. The molecule has 1 atom stereocenters. The molecular formula is C27H34N2O8S2. The molecule has 212 valence electrons. The second-order valence-electron chi connectivity index (χ2n) is 9.69. The fourth-order valence-corrected chi connectivity index (χ4v) is 5.74. The van der Waals surface area contributed by atoms with Crippen LogP contribution in [-0.4, -0.2) is 72.5 Å².